The Morgan fingerprint density at radius 2 is 1.58 bits per heavy atom. The molecular formula is C41H79N3O13. The summed E-state index contributed by atoms with van der Waals surface area (Å²) in [5, 5.41) is 72.2. The van der Waals surface area contributed by atoms with Crippen LogP contribution in [0, 0.1) is 17.8 Å². The maximum absolute atomic E-state index is 14.3. The zero-order valence-electron chi connectivity index (χ0n) is 37.2. The van der Waals surface area contributed by atoms with Gasteiger partial charge in [0.1, 0.15) is 35.1 Å². The number of cyclic esters (lactones) is 1. The van der Waals surface area contributed by atoms with Crippen molar-refractivity contribution < 1.29 is 63.9 Å². The van der Waals surface area contributed by atoms with Gasteiger partial charge in [0.05, 0.1) is 42.5 Å². The number of esters is 1. The van der Waals surface area contributed by atoms with Crippen molar-refractivity contribution >= 4 is 5.97 Å². The molecule has 3 rings (SSSR count). The van der Waals surface area contributed by atoms with Gasteiger partial charge in [0.15, 0.2) is 12.6 Å². The summed E-state index contributed by atoms with van der Waals surface area (Å²) >= 11 is 0. The Kier molecular flexibility index (Phi) is 17.8. The Balaban J connectivity index is 2.17. The molecule has 0 aromatic heterocycles. The molecular weight excluding hydrogens is 742 g/mol. The van der Waals surface area contributed by atoms with Crippen molar-refractivity contribution in [3.05, 3.63) is 0 Å². The number of rotatable bonds is 11. The van der Waals surface area contributed by atoms with Crippen LogP contribution in [0.25, 0.3) is 0 Å². The van der Waals surface area contributed by atoms with E-state index in [0.717, 1.165) is 0 Å². The third-order valence-corrected chi connectivity index (χ3v) is 13.2. The van der Waals surface area contributed by atoms with Gasteiger partial charge in [0.2, 0.25) is 0 Å². The Hall–Kier alpha value is -1.09. The number of aliphatic hydroxyl groups excluding tert-OH is 3. The van der Waals surface area contributed by atoms with Crippen molar-refractivity contribution in [3.63, 3.8) is 0 Å². The van der Waals surface area contributed by atoms with Crippen molar-refractivity contribution in [3.8, 4) is 0 Å². The zero-order valence-corrected chi connectivity index (χ0v) is 37.2. The Morgan fingerprint density at radius 1 is 0.947 bits per heavy atom. The van der Waals surface area contributed by atoms with Gasteiger partial charge in [-0.15, -0.1) is 0 Å². The summed E-state index contributed by atoms with van der Waals surface area (Å²) < 4.78 is 38.3. The second-order valence-corrected chi connectivity index (χ2v) is 18.5. The molecule has 16 heteroatoms. The minimum atomic E-state index is -1.83. The molecule has 3 saturated heterocycles. The fraction of sp³-hybridized carbons (Fsp3) is 0.976. The summed E-state index contributed by atoms with van der Waals surface area (Å²) in [4.78, 5) is 18.0. The minimum absolute atomic E-state index is 0.0375. The third-order valence-electron chi connectivity index (χ3n) is 13.2. The highest BCUT2D eigenvalue weighted by Gasteiger charge is 2.59. The maximum Gasteiger partial charge on any atom is 0.311 e. The van der Waals surface area contributed by atoms with Gasteiger partial charge in [-0.25, -0.2) is 0 Å². The number of carbonyl (C=O) groups excluding carboxylic acids is 1. The van der Waals surface area contributed by atoms with Gasteiger partial charge in [-0.2, -0.15) is 0 Å². The summed E-state index contributed by atoms with van der Waals surface area (Å²) in [7, 11) is 7.03. The number of nitrogens with zero attached hydrogens (tertiary/aromatic N) is 2. The monoisotopic (exact) mass is 822 g/mol. The Morgan fingerprint density at radius 3 is 2.14 bits per heavy atom. The van der Waals surface area contributed by atoms with Crippen LogP contribution >= 0.6 is 0 Å². The van der Waals surface area contributed by atoms with Gasteiger partial charge in [-0.05, 0) is 101 Å². The number of carbonyl (C=O) groups is 1. The third kappa shape index (κ3) is 11.4. The van der Waals surface area contributed by atoms with Crippen LogP contribution in [-0.4, -0.2) is 191 Å². The molecule has 3 aliphatic rings. The van der Waals surface area contributed by atoms with E-state index in [-0.39, 0.29) is 50.5 Å². The largest absolute Gasteiger partial charge is 0.459 e. The first kappa shape index (κ1) is 50.3. The van der Waals surface area contributed by atoms with E-state index in [4.69, 9.17) is 28.4 Å². The molecule has 0 aromatic carbocycles. The number of likely N-dealkylation sites (N-methyl/N-ethyl adjacent to an activating group) is 2. The average molecular weight is 822 g/mol. The van der Waals surface area contributed by atoms with E-state index in [9.17, 15) is 35.4 Å². The molecule has 0 aromatic rings. The molecule has 0 aliphatic carbocycles. The van der Waals surface area contributed by atoms with Crippen molar-refractivity contribution in [1.82, 2.24) is 15.1 Å². The second-order valence-electron chi connectivity index (χ2n) is 18.5. The Bertz CT molecular complexity index is 1260. The highest BCUT2D eigenvalue weighted by molar-refractivity contribution is 5.73. The molecule has 7 N–H and O–H groups in total. The van der Waals surface area contributed by atoms with Gasteiger partial charge in [-0.3, -0.25) is 4.79 Å². The van der Waals surface area contributed by atoms with E-state index >= 15 is 0 Å². The predicted molar refractivity (Wildman–Crippen MR) is 213 cm³/mol. The van der Waals surface area contributed by atoms with Crippen LogP contribution in [0.15, 0.2) is 0 Å². The van der Waals surface area contributed by atoms with Gasteiger partial charge in [0.25, 0.3) is 0 Å². The smallest absolute Gasteiger partial charge is 0.311 e. The fourth-order valence-electron chi connectivity index (χ4n) is 9.38. The molecule has 57 heavy (non-hydrogen) atoms. The molecule has 18 atom stereocenters. The highest BCUT2D eigenvalue weighted by Crippen LogP contribution is 2.43. The zero-order chi connectivity index (χ0) is 43.4. The normalized spacial score (nSPS) is 47.4. The van der Waals surface area contributed by atoms with Crippen molar-refractivity contribution in [2.45, 2.75) is 185 Å². The molecule has 0 spiro atoms. The molecule has 3 heterocycles. The van der Waals surface area contributed by atoms with E-state index in [0.29, 0.717) is 19.5 Å². The molecule has 0 unspecified atom stereocenters. The van der Waals surface area contributed by atoms with Gasteiger partial charge in [0, 0.05) is 44.6 Å². The molecule has 0 amide bonds. The lowest BCUT2D eigenvalue weighted by Gasteiger charge is -2.54. The van der Waals surface area contributed by atoms with Crippen LogP contribution in [0.1, 0.15) is 94.9 Å². The topological polar surface area (TPSA) is 212 Å². The Labute approximate surface area is 341 Å². The second kappa shape index (κ2) is 20.2. The molecule has 0 radical (unpaired) electrons. The lowest BCUT2D eigenvalue weighted by molar-refractivity contribution is -0.339. The van der Waals surface area contributed by atoms with E-state index in [1.165, 1.54) is 14.0 Å². The first-order valence-corrected chi connectivity index (χ1v) is 20.9. The van der Waals surface area contributed by atoms with E-state index in [2.05, 4.69) is 5.32 Å². The SMILES string of the molecule is CC[C@H]1OC(=O)[C@H](C)[C@@H](O[C@H]2C[C@@](C)(OC)[C@@](O)(CN(C)CCO)[C@H](C)O2)[C@H](C)[C@@H](O[C@@H]2O[C@H](C)C[C@H](N(C)C)[C@H]2O)[C@](C)(O)C[C@@H](C)CN[C@H](C)[C@@H](O)[C@]1(C)O. The van der Waals surface area contributed by atoms with Gasteiger partial charge in [-0.1, -0.05) is 20.8 Å². The first-order valence-electron chi connectivity index (χ1n) is 20.9. The number of ether oxygens (including phenoxy) is 6. The van der Waals surface area contributed by atoms with Crippen LogP contribution < -0.4 is 5.32 Å². The summed E-state index contributed by atoms with van der Waals surface area (Å²) in [5.41, 5.74) is -6.17. The molecule has 3 aliphatic heterocycles. The van der Waals surface area contributed by atoms with Crippen molar-refractivity contribution in [2.24, 2.45) is 17.8 Å². The minimum Gasteiger partial charge on any atom is -0.459 e. The first-order chi connectivity index (χ1) is 26.3. The van der Waals surface area contributed by atoms with Crippen molar-refractivity contribution in [1.29, 1.82) is 0 Å². The standard InChI is InChI=1S/C41H79N3O13/c1-15-30-40(10,50)34(47)27(6)42-21-23(2)19-38(8,49)35(57-37-32(46)29(43(11)12)18-24(3)53-37)25(4)33(26(5)36(48)55-30)56-31-20-39(9,52-14)41(51,28(7)54-31)22-44(13)16-17-45/h23-35,37,42,45-47,49-51H,15-22H2,1-14H3/t23-,24-,25+,26-,27-,28+,29+,30-,31+,32-,33+,34-,35-,37+,38-,39-,40-,41-/m1/s1. The van der Waals surface area contributed by atoms with E-state index in [1.807, 2.05) is 32.8 Å². The summed E-state index contributed by atoms with van der Waals surface area (Å²) in [5.74, 6) is -2.76. The van der Waals surface area contributed by atoms with E-state index in [1.54, 1.807) is 60.4 Å². The highest BCUT2D eigenvalue weighted by atomic mass is 16.7. The fourth-order valence-corrected chi connectivity index (χ4v) is 9.38. The van der Waals surface area contributed by atoms with Gasteiger partial charge >= 0.3 is 5.97 Å². The van der Waals surface area contributed by atoms with E-state index < -0.39 is 95.5 Å². The lowest BCUT2D eigenvalue weighted by Crippen LogP contribution is -2.70. The summed E-state index contributed by atoms with van der Waals surface area (Å²) in [6, 6.07) is -0.904. The van der Waals surface area contributed by atoms with Crippen LogP contribution in [0.2, 0.25) is 0 Å². The molecule has 0 saturated carbocycles. The maximum atomic E-state index is 14.3. The predicted octanol–water partition coefficient (Wildman–Crippen LogP) is 0.853. The van der Waals surface area contributed by atoms with Crippen molar-refractivity contribution in [2.75, 3.05) is 54.5 Å². The molecule has 0 bridgehead atoms. The number of methoxy groups -OCH3 is 1. The quantitative estimate of drug-likeness (QED) is 0.144. The van der Waals surface area contributed by atoms with Gasteiger partial charge < -0.3 is 74.2 Å². The number of hydrogen-bond acceptors (Lipinski definition) is 16. The average Bonchev–Trinajstić information content (AvgIpc) is 3.12. The number of nitrogens with one attached hydrogen (secondary N) is 1. The molecule has 16 nitrogen and oxygen atoms in total. The lowest BCUT2D eigenvalue weighted by atomic mass is 9.75. The molecule has 336 valence electrons. The summed E-state index contributed by atoms with van der Waals surface area (Å²) in [6.45, 7) is 18.1. The number of hydrogen-bond donors (Lipinski definition) is 7. The van der Waals surface area contributed by atoms with Crippen LogP contribution in [0.3, 0.4) is 0 Å². The van der Waals surface area contributed by atoms with Crippen LogP contribution in [0.5, 0.6) is 0 Å². The van der Waals surface area contributed by atoms with Crippen LogP contribution in [-0.2, 0) is 33.2 Å². The number of aliphatic hydroxyl groups is 6. The van der Waals surface area contributed by atoms with Crippen LogP contribution in [0.4, 0.5) is 0 Å². The summed E-state index contributed by atoms with van der Waals surface area (Å²) in [6.07, 6.45) is -7.95. The molecule has 3 fully saturated rings.